The van der Waals surface area contributed by atoms with Gasteiger partial charge in [-0.15, -0.1) is 0 Å². The Morgan fingerprint density at radius 2 is 1.76 bits per heavy atom. The minimum Gasteiger partial charge on any atom is -0.334 e. The molecule has 0 aliphatic heterocycles. The molecule has 0 atom stereocenters. The third kappa shape index (κ3) is 4.73. The van der Waals surface area contributed by atoms with Crippen LogP contribution in [0.15, 0.2) is 79.1 Å². The standard InChI is InChI=1S/C21H19FN2O/c22-20-10-4-9-19(14-20)21(25)24(16-18-8-5-12-23-15-18)13-11-17-6-2-1-3-7-17/h1-10,12,14-15H,11,13,16H2. The number of benzene rings is 2. The monoisotopic (exact) mass is 334 g/mol. The van der Waals surface area contributed by atoms with Crippen LogP contribution in [-0.2, 0) is 13.0 Å². The van der Waals surface area contributed by atoms with E-state index in [1.165, 1.54) is 12.1 Å². The van der Waals surface area contributed by atoms with Crippen molar-refractivity contribution in [2.75, 3.05) is 6.54 Å². The van der Waals surface area contributed by atoms with Crippen molar-refractivity contribution in [1.29, 1.82) is 0 Å². The lowest BCUT2D eigenvalue weighted by Gasteiger charge is -2.23. The molecule has 0 N–H and O–H groups in total. The van der Waals surface area contributed by atoms with Gasteiger partial charge >= 0.3 is 0 Å². The first kappa shape index (κ1) is 16.8. The lowest BCUT2D eigenvalue weighted by molar-refractivity contribution is 0.0744. The highest BCUT2D eigenvalue weighted by Crippen LogP contribution is 2.12. The number of pyridine rings is 1. The number of amides is 1. The minimum absolute atomic E-state index is 0.181. The van der Waals surface area contributed by atoms with Gasteiger partial charge in [-0.1, -0.05) is 42.5 Å². The molecule has 0 fully saturated rings. The first-order valence-corrected chi connectivity index (χ1v) is 8.20. The SMILES string of the molecule is O=C(c1cccc(F)c1)N(CCc1ccccc1)Cc1cccnc1. The minimum atomic E-state index is -0.407. The van der Waals surface area contributed by atoms with E-state index >= 15 is 0 Å². The summed E-state index contributed by atoms with van der Waals surface area (Å²) in [6, 6.07) is 19.6. The highest BCUT2D eigenvalue weighted by atomic mass is 19.1. The molecule has 3 nitrogen and oxygen atoms in total. The van der Waals surface area contributed by atoms with Gasteiger partial charge in [0.2, 0.25) is 0 Å². The van der Waals surface area contributed by atoms with Crippen LogP contribution < -0.4 is 0 Å². The average molecular weight is 334 g/mol. The Morgan fingerprint density at radius 3 is 2.48 bits per heavy atom. The molecule has 0 spiro atoms. The maximum atomic E-state index is 13.5. The molecule has 0 unspecified atom stereocenters. The molecule has 0 saturated carbocycles. The van der Waals surface area contributed by atoms with Crippen LogP contribution in [-0.4, -0.2) is 22.3 Å². The molecular formula is C21H19FN2O. The molecule has 25 heavy (non-hydrogen) atoms. The van der Waals surface area contributed by atoms with Gasteiger partial charge in [-0.05, 0) is 41.8 Å². The number of rotatable bonds is 6. The summed E-state index contributed by atoms with van der Waals surface area (Å²) >= 11 is 0. The Hall–Kier alpha value is -3.01. The molecule has 0 saturated heterocycles. The molecular weight excluding hydrogens is 315 g/mol. The van der Waals surface area contributed by atoms with E-state index in [0.29, 0.717) is 18.7 Å². The summed E-state index contributed by atoms with van der Waals surface area (Å²) in [4.78, 5) is 18.7. The Labute approximate surface area is 146 Å². The van der Waals surface area contributed by atoms with Crippen LogP contribution in [0.2, 0.25) is 0 Å². The van der Waals surface area contributed by atoms with Crippen molar-refractivity contribution in [1.82, 2.24) is 9.88 Å². The number of hydrogen-bond acceptors (Lipinski definition) is 2. The normalized spacial score (nSPS) is 10.4. The maximum Gasteiger partial charge on any atom is 0.254 e. The first-order chi connectivity index (χ1) is 12.2. The van der Waals surface area contributed by atoms with Gasteiger partial charge in [-0.25, -0.2) is 4.39 Å². The number of hydrogen-bond donors (Lipinski definition) is 0. The van der Waals surface area contributed by atoms with Crippen LogP contribution in [0.25, 0.3) is 0 Å². The van der Waals surface area contributed by atoms with Gasteiger partial charge in [0.15, 0.2) is 0 Å². The van der Waals surface area contributed by atoms with E-state index in [4.69, 9.17) is 0 Å². The lowest BCUT2D eigenvalue weighted by Crippen LogP contribution is -2.32. The molecule has 0 bridgehead atoms. The van der Waals surface area contributed by atoms with Gasteiger partial charge in [0, 0.05) is 31.0 Å². The number of nitrogens with zero attached hydrogens (tertiary/aromatic N) is 2. The van der Waals surface area contributed by atoms with Crippen LogP contribution in [0.4, 0.5) is 4.39 Å². The quantitative estimate of drug-likeness (QED) is 0.680. The van der Waals surface area contributed by atoms with Gasteiger partial charge in [-0.3, -0.25) is 9.78 Å². The number of aromatic nitrogens is 1. The number of carbonyl (C=O) groups is 1. The van der Waals surface area contributed by atoms with Crippen LogP contribution in [0.3, 0.4) is 0 Å². The van der Waals surface area contributed by atoms with E-state index < -0.39 is 5.82 Å². The summed E-state index contributed by atoms with van der Waals surface area (Å²) in [5.41, 5.74) is 2.46. The highest BCUT2D eigenvalue weighted by molar-refractivity contribution is 5.94. The third-order valence-electron chi connectivity index (χ3n) is 3.97. The number of carbonyl (C=O) groups excluding carboxylic acids is 1. The second-order valence-corrected chi connectivity index (χ2v) is 5.83. The van der Waals surface area contributed by atoms with E-state index in [0.717, 1.165) is 17.5 Å². The summed E-state index contributed by atoms with van der Waals surface area (Å²) in [5, 5.41) is 0. The largest absolute Gasteiger partial charge is 0.334 e. The molecule has 1 amide bonds. The Morgan fingerprint density at radius 1 is 0.960 bits per heavy atom. The van der Waals surface area contributed by atoms with Gasteiger partial charge in [-0.2, -0.15) is 0 Å². The Kier molecular flexibility index (Phi) is 5.52. The number of halogens is 1. The smallest absolute Gasteiger partial charge is 0.254 e. The summed E-state index contributed by atoms with van der Waals surface area (Å²) in [5.74, 6) is -0.588. The van der Waals surface area contributed by atoms with Crippen LogP contribution in [0.1, 0.15) is 21.5 Å². The fraction of sp³-hybridized carbons (Fsp3) is 0.143. The zero-order valence-corrected chi connectivity index (χ0v) is 13.8. The summed E-state index contributed by atoms with van der Waals surface area (Å²) < 4.78 is 13.5. The Balaban J connectivity index is 1.79. The maximum absolute atomic E-state index is 13.5. The van der Waals surface area contributed by atoms with Crippen LogP contribution in [0.5, 0.6) is 0 Å². The molecule has 2 aromatic carbocycles. The zero-order chi connectivity index (χ0) is 17.5. The predicted molar refractivity (Wildman–Crippen MR) is 95.5 cm³/mol. The van der Waals surface area contributed by atoms with Crippen molar-refractivity contribution in [2.45, 2.75) is 13.0 Å². The molecule has 3 aromatic rings. The lowest BCUT2D eigenvalue weighted by atomic mass is 10.1. The van der Waals surface area contributed by atoms with Crippen molar-refractivity contribution < 1.29 is 9.18 Å². The summed E-state index contributed by atoms with van der Waals surface area (Å²) in [6.45, 7) is 0.990. The van der Waals surface area contributed by atoms with Crippen LogP contribution >= 0.6 is 0 Å². The summed E-state index contributed by atoms with van der Waals surface area (Å²) in [6.07, 6.45) is 4.18. The van der Waals surface area contributed by atoms with Gasteiger partial charge in [0.1, 0.15) is 5.82 Å². The van der Waals surface area contributed by atoms with Crippen molar-refractivity contribution in [3.8, 4) is 0 Å². The van der Waals surface area contributed by atoms with Gasteiger partial charge < -0.3 is 4.90 Å². The topological polar surface area (TPSA) is 33.2 Å². The zero-order valence-electron chi connectivity index (χ0n) is 13.8. The van der Waals surface area contributed by atoms with E-state index in [9.17, 15) is 9.18 Å². The van der Waals surface area contributed by atoms with Crippen LogP contribution in [0, 0.1) is 5.82 Å². The molecule has 126 valence electrons. The third-order valence-corrected chi connectivity index (χ3v) is 3.97. The molecule has 3 rings (SSSR count). The van der Waals surface area contributed by atoms with Gasteiger partial charge in [0.25, 0.3) is 5.91 Å². The van der Waals surface area contributed by atoms with Crippen molar-refractivity contribution in [3.05, 3.63) is 102 Å². The van der Waals surface area contributed by atoms with E-state index in [2.05, 4.69) is 4.98 Å². The molecule has 1 aromatic heterocycles. The van der Waals surface area contributed by atoms with Crippen molar-refractivity contribution in [2.24, 2.45) is 0 Å². The molecule has 0 radical (unpaired) electrons. The predicted octanol–water partition coefficient (Wildman–Crippen LogP) is 4.11. The van der Waals surface area contributed by atoms with Crippen molar-refractivity contribution in [3.63, 3.8) is 0 Å². The molecule has 0 aliphatic carbocycles. The molecule has 4 heteroatoms. The first-order valence-electron chi connectivity index (χ1n) is 8.20. The average Bonchev–Trinajstić information content (AvgIpc) is 2.66. The molecule has 1 heterocycles. The van der Waals surface area contributed by atoms with E-state index in [1.807, 2.05) is 42.5 Å². The second-order valence-electron chi connectivity index (χ2n) is 5.83. The van der Waals surface area contributed by atoms with Gasteiger partial charge in [0.05, 0.1) is 0 Å². The highest BCUT2D eigenvalue weighted by Gasteiger charge is 2.17. The fourth-order valence-corrected chi connectivity index (χ4v) is 2.68. The fourth-order valence-electron chi connectivity index (χ4n) is 2.68. The molecule has 0 aliphatic rings. The second kappa shape index (κ2) is 8.20. The van der Waals surface area contributed by atoms with E-state index in [-0.39, 0.29) is 5.91 Å². The summed E-state index contributed by atoms with van der Waals surface area (Å²) in [7, 11) is 0. The van der Waals surface area contributed by atoms with E-state index in [1.54, 1.807) is 29.4 Å². The van der Waals surface area contributed by atoms with Crippen molar-refractivity contribution >= 4 is 5.91 Å². The Bertz CT molecular complexity index is 822.